The lowest BCUT2D eigenvalue weighted by atomic mass is 9.82. The number of aliphatic imine (C=N–C) groups is 1. The van der Waals surface area contributed by atoms with Gasteiger partial charge in [0.1, 0.15) is 11.3 Å². The summed E-state index contributed by atoms with van der Waals surface area (Å²) in [6.45, 7) is 2.27. The van der Waals surface area contributed by atoms with E-state index >= 15 is 0 Å². The number of para-hydroxylation sites is 1. The first-order valence-corrected chi connectivity index (χ1v) is 18.0. The van der Waals surface area contributed by atoms with Crippen LogP contribution in [0.4, 0.5) is 5.69 Å². The van der Waals surface area contributed by atoms with Crippen LogP contribution in [0.2, 0.25) is 0 Å². The Balaban J connectivity index is 1.20. The van der Waals surface area contributed by atoms with Gasteiger partial charge in [-0.15, -0.1) is 0 Å². The van der Waals surface area contributed by atoms with Gasteiger partial charge in [0.2, 0.25) is 0 Å². The lowest BCUT2D eigenvalue weighted by molar-refractivity contribution is 0.456. The molecule has 4 aromatic rings. The van der Waals surface area contributed by atoms with Gasteiger partial charge in [-0.2, -0.15) is 0 Å². The van der Waals surface area contributed by atoms with Crippen molar-refractivity contribution in [3.63, 3.8) is 0 Å². The summed E-state index contributed by atoms with van der Waals surface area (Å²) in [4.78, 5) is 5.23. The number of anilines is 1. The minimum atomic E-state index is -0.0168. The van der Waals surface area contributed by atoms with E-state index in [-0.39, 0.29) is 12.0 Å². The van der Waals surface area contributed by atoms with Crippen molar-refractivity contribution in [3.8, 4) is 11.1 Å². The van der Waals surface area contributed by atoms with E-state index in [0.717, 1.165) is 78.8 Å². The summed E-state index contributed by atoms with van der Waals surface area (Å²) in [5.41, 5.74) is 18.0. The molecule has 4 aliphatic rings. The molecule has 4 aliphatic carbocycles. The monoisotopic (exact) mass is 643 g/mol. The molecule has 0 spiro atoms. The predicted molar refractivity (Wildman–Crippen MR) is 206 cm³/mol. The minimum absolute atomic E-state index is 0.0168. The summed E-state index contributed by atoms with van der Waals surface area (Å²) < 4.78 is 6.60. The van der Waals surface area contributed by atoms with Gasteiger partial charge in [-0.25, -0.2) is 0 Å². The first-order valence-electron chi connectivity index (χ1n) is 18.0. The second-order valence-corrected chi connectivity index (χ2v) is 14.0. The summed E-state index contributed by atoms with van der Waals surface area (Å²) in [5.74, 6) is 2.03. The average Bonchev–Trinajstić information content (AvgIpc) is 3.53. The largest absolute Gasteiger partial charge is 0.456 e. The Morgan fingerprint density at radius 2 is 1.84 bits per heavy atom. The van der Waals surface area contributed by atoms with Gasteiger partial charge in [-0.1, -0.05) is 116 Å². The molecular weight excluding hydrogens is 599 g/mol. The van der Waals surface area contributed by atoms with Gasteiger partial charge in [0.05, 0.1) is 12.4 Å². The number of hydrogen-bond donors (Lipinski definition) is 2. The highest BCUT2D eigenvalue weighted by Crippen LogP contribution is 2.42. The second-order valence-electron chi connectivity index (χ2n) is 14.0. The molecule has 0 aliphatic heterocycles. The third-order valence-corrected chi connectivity index (χ3v) is 10.6. The number of nitrogens with one attached hydrogen (secondary N) is 1. The van der Waals surface area contributed by atoms with Crippen molar-refractivity contribution in [1.82, 2.24) is 0 Å². The van der Waals surface area contributed by atoms with Crippen LogP contribution in [0.5, 0.6) is 0 Å². The van der Waals surface area contributed by atoms with E-state index < -0.39 is 0 Å². The van der Waals surface area contributed by atoms with Gasteiger partial charge < -0.3 is 15.5 Å². The third kappa shape index (κ3) is 6.40. The fraction of sp³-hybridized carbons (Fsp3) is 0.267. The first kappa shape index (κ1) is 31.2. The molecule has 246 valence electrons. The number of nitrogens with two attached hydrogens (primary N) is 1. The van der Waals surface area contributed by atoms with Gasteiger partial charge in [0.15, 0.2) is 0 Å². The molecule has 8 rings (SSSR count). The maximum absolute atomic E-state index is 6.62. The summed E-state index contributed by atoms with van der Waals surface area (Å²) in [5, 5.41) is 4.88. The van der Waals surface area contributed by atoms with Crippen LogP contribution >= 0.6 is 0 Å². The molecule has 0 bridgehead atoms. The van der Waals surface area contributed by atoms with Crippen LogP contribution in [-0.2, 0) is 6.42 Å². The maximum atomic E-state index is 6.62. The van der Waals surface area contributed by atoms with Crippen LogP contribution < -0.4 is 11.1 Å². The molecular formula is C45H45N3O. The highest BCUT2D eigenvalue weighted by molar-refractivity contribution is 6.01. The van der Waals surface area contributed by atoms with E-state index in [1.807, 2.05) is 6.34 Å². The van der Waals surface area contributed by atoms with Crippen molar-refractivity contribution >= 4 is 34.6 Å². The predicted octanol–water partition coefficient (Wildman–Crippen LogP) is 11.2. The van der Waals surface area contributed by atoms with Gasteiger partial charge in [-0.3, -0.25) is 4.99 Å². The smallest absolute Gasteiger partial charge is 0.142 e. The van der Waals surface area contributed by atoms with Gasteiger partial charge >= 0.3 is 0 Å². The second kappa shape index (κ2) is 13.8. The van der Waals surface area contributed by atoms with E-state index in [0.29, 0.717) is 11.8 Å². The van der Waals surface area contributed by atoms with Crippen LogP contribution in [0.1, 0.15) is 73.8 Å². The van der Waals surface area contributed by atoms with Crippen molar-refractivity contribution in [2.45, 2.75) is 63.8 Å². The zero-order valence-corrected chi connectivity index (χ0v) is 28.3. The highest BCUT2D eigenvalue weighted by atomic mass is 16.3. The Kier molecular flexibility index (Phi) is 8.78. The molecule has 1 aromatic heterocycles. The lowest BCUT2D eigenvalue weighted by Gasteiger charge is -2.29. The van der Waals surface area contributed by atoms with E-state index in [1.165, 1.54) is 33.2 Å². The SMILES string of the molecule is CC1C=Cc2oc3c(-c4ccc(C5=CC(c6ccccc6)CC=C5)cc4N/C=N/C(C4=CCCC=C4)C4CCCC=C4N)cccc3c2C1. The van der Waals surface area contributed by atoms with Crippen LogP contribution in [0.3, 0.4) is 0 Å². The number of benzene rings is 3. The number of allylic oxidation sites excluding steroid dienone is 8. The topological polar surface area (TPSA) is 63.5 Å². The summed E-state index contributed by atoms with van der Waals surface area (Å²) in [6.07, 6.45) is 29.7. The van der Waals surface area contributed by atoms with Gasteiger partial charge in [0.25, 0.3) is 0 Å². The van der Waals surface area contributed by atoms with E-state index in [1.54, 1.807) is 0 Å². The fourth-order valence-corrected chi connectivity index (χ4v) is 8.00. The molecule has 3 aromatic carbocycles. The Bertz CT molecular complexity index is 2070. The van der Waals surface area contributed by atoms with Crippen molar-refractivity contribution in [2.75, 3.05) is 5.32 Å². The standard InChI is InChI=1S/C45H45N3O/c1-30-22-25-43-40(26-30)38-20-11-19-37(45(38)49-43)36-24-23-35(34-17-10-16-33(27-34)31-12-4-2-5-13-31)28-42(36)47-29-48-44(32-14-6-3-7-15-32)39-18-8-9-21-41(39)46/h2,4-6,10-15,17,19-25,27-30,33,39,44H,3,7-9,16,18,26,46H2,1H3,(H,47,48). The number of fused-ring (bicyclic) bond motifs is 3. The summed E-state index contributed by atoms with van der Waals surface area (Å²) in [7, 11) is 0. The Morgan fingerprint density at radius 3 is 2.69 bits per heavy atom. The molecule has 49 heavy (non-hydrogen) atoms. The van der Waals surface area contributed by atoms with Gasteiger partial charge in [-0.05, 0) is 85.3 Å². The fourth-order valence-electron chi connectivity index (χ4n) is 8.00. The molecule has 3 N–H and O–H groups in total. The highest BCUT2D eigenvalue weighted by Gasteiger charge is 2.28. The molecule has 0 saturated heterocycles. The molecule has 4 unspecified atom stereocenters. The van der Waals surface area contributed by atoms with E-state index in [4.69, 9.17) is 15.1 Å². The first-order chi connectivity index (χ1) is 24.1. The number of hydrogen-bond acceptors (Lipinski definition) is 3. The Morgan fingerprint density at radius 1 is 0.918 bits per heavy atom. The number of rotatable bonds is 8. The molecule has 4 nitrogen and oxygen atoms in total. The Labute approximate surface area is 290 Å². The Hall–Kier alpha value is -5.09. The minimum Gasteiger partial charge on any atom is -0.456 e. The van der Waals surface area contributed by atoms with E-state index in [9.17, 15) is 0 Å². The average molecular weight is 644 g/mol. The molecule has 4 heteroatoms. The molecule has 0 radical (unpaired) electrons. The van der Waals surface area contributed by atoms with Crippen LogP contribution in [0, 0.1) is 11.8 Å². The van der Waals surface area contributed by atoms with Crippen molar-refractivity contribution < 1.29 is 4.42 Å². The van der Waals surface area contributed by atoms with Crippen molar-refractivity contribution in [2.24, 2.45) is 22.6 Å². The molecule has 0 saturated carbocycles. The van der Waals surface area contributed by atoms with Crippen LogP contribution in [0.25, 0.3) is 33.7 Å². The van der Waals surface area contributed by atoms with Crippen LogP contribution in [0.15, 0.2) is 136 Å². The zero-order valence-electron chi connectivity index (χ0n) is 28.3. The number of furan rings is 1. The zero-order chi connectivity index (χ0) is 33.2. The lowest BCUT2D eigenvalue weighted by Crippen LogP contribution is -2.29. The molecule has 0 fully saturated rings. The molecule has 1 heterocycles. The van der Waals surface area contributed by atoms with Crippen molar-refractivity contribution in [3.05, 3.63) is 149 Å². The quantitative estimate of drug-likeness (QED) is 0.148. The van der Waals surface area contributed by atoms with E-state index in [2.05, 4.69) is 134 Å². The normalized spacial score (nSPS) is 22.5. The summed E-state index contributed by atoms with van der Waals surface area (Å²) >= 11 is 0. The molecule has 4 atom stereocenters. The van der Waals surface area contributed by atoms with Crippen molar-refractivity contribution in [1.29, 1.82) is 0 Å². The molecule has 0 amide bonds. The third-order valence-electron chi connectivity index (χ3n) is 10.6. The van der Waals surface area contributed by atoms with Crippen LogP contribution in [-0.4, -0.2) is 12.4 Å². The summed E-state index contributed by atoms with van der Waals surface area (Å²) in [6, 6.07) is 24.1. The van der Waals surface area contributed by atoms with Gasteiger partial charge in [0, 0.05) is 45.3 Å². The number of nitrogens with zero attached hydrogens (tertiary/aromatic N) is 1. The maximum Gasteiger partial charge on any atom is 0.142 e.